The number of benzene rings is 1. The van der Waals surface area contributed by atoms with Gasteiger partial charge in [-0.15, -0.1) is 0 Å². The molecule has 1 fully saturated rings. The Kier molecular flexibility index (Phi) is 7.25. The Labute approximate surface area is 207 Å². The van der Waals surface area contributed by atoms with Crippen molar-refractivity contribution in [2.24, 2.45) is 5.92 Å². The van der Waals surface area contributed by atoms with E-state index in [9.17, 15) is 23.1 Å². The van der Waals surface area contributed by atoms with Gasteiger partial charge >= 0.3 is 0 Å². The second-order valence-corrected chi connectivity index (χ2v) is 9.37. The number of piperidine rings is 1. The number of nitrogens with zero attached hydrogens (tertiary/aromatic N) is 4. The van der Waals surface area contributed by atoms with Crippen molar-refractivity contribution < 1.29 is 27.8 Å². The first-order valence-electron chi connectivity index (χ1n) is 11.5. The molecular weight excluding hydrogens is 477 g/mol. The number of allylic oxidation sites excluding steroid dienone is 1. The van der Waals surface area contributed by atoms with Gasteiger partial charge in [-0.05, 0) is 30.5 Å². The highest BCUT2D eigenvalue weighted by Crippen LogP contribution is 2.33. The number of anilines is 4. The molecule has 2 aliphatic heterocycles. The molecule has 1 aromatic heterocycles. The summed E-state index contributed by atoms with van der Waals surface area (Å²) in [6.07, 6.45) is 1.59. The highest BCUT2D eigenvalue weighted by atomic mass is 19.3. The lowest BCUT2D eigenvalue weighted by molar-refractivity contribution is -0.109. The number of ether oxygens (including phenoxy) is 1. The van der Waals surface area contributed by atoms with Gasteiger partial charge < -0.3 is 30.3 Å². The van der Waals surface area contributed by atoms with Gasteiger partial charge in [0.2, 0.25) is 5.95 Å². The highest BCUT2D eigenvalue weighted by molar-refractivity contribution is 5.90. The van der Waals surface area contributed by atoms with E-state index in [1.807, 2.05) is 6.92 Å². The fourth-order valence-corrected chi connectivity index (χ4v) is 4.35. The summed E-state index contributed by atoms with van der Waals surface area (Å²) >= 11 is 0. The topological polar surface area (TPSA) is 103 Å². The van der Waals surface area contributed by atoms with E-state index in [0.717, 1.165) is 6.20 Å². The summed E-state index contributed by atoms with van der Waals surface area (Å²) < 4.78 is 47.6. The van der Waals surface area contributed by atoms with Crippen LogP contribution in [0.15, 0.2) is 30.2 Å². The predicted octanol–water partition coefficient (Wildman–Crippen LogP) is 2.76. The van der Waals surface area contributed by atoms with E-state index < -0.39 is 31.0 Å². The fourth-order valence-electron chi connectivity index (χ4n) is 4.35. The molecule has 0 saturated carbocycles. The molecule has 36 heavy (non-hydrogen) atoms. The maximum atomic E-state index is 14.7. The van der Waals surface area contributed by atoms with Gasteiger partial charge in [0.1, 0.15) is 0 Å². The summed E-state index contributed by atoms with van der Waals surface area (Å²) in [6.45, 7) is 1.34. The second-order valence-electron chi connectivity index (χ2n) is 9.37. The average Bonchev–Trinajstić information content (AvgIpc) is 2.97. The summed E-state index contributed by atoms with van der Waals surface area (Å²) in [5, 5.41) is 15.7. The van der Waals surface area contributed by atoms with Gasteiger partial charge in [0, 0.05) is 44.1 Å². The zero-order valence-corrected chi connectivity index (χ0v) is 20.3. The van der Waals surface area contributed by atoms with Crippen molar-refractivity contribution in [1.29, 1.82) is 0 Å². The minimum Gasteiger partial charge on any atom is -0.482 e. The summed E-state index contributed by atoms with van der Waals surface area (Å²) in [7, 11) is 3.54. The first kappa shape index (κ1) is 25.5. The van der Waals surface area contributed by atoms with E-state index in [4.69, 9.17) is 4.74 Å². The third-order valence-corrected chi connectivity index (χ3v) is 5.98. The lowest BCUT2D eigenvalue weighted by Crippen LogP contribution is -2.43. The molecule has 0 radical (unpaired) electrons. The Bertz CT molecular complexity index is 1150. The number of aromatic nitrogens is 2. The molecule has 0 spiro atoms. The van der Waals surface area contributed by atoms with Crippen molar-refractivity contribution in [3.63, 3.8) is 0 Å². The predicted molar refractivity (Wildman–Crippen MR) is 130 cm³/mol. The van der Waals surface area contributed by atoms with Gasteiger partial charge in [-0.3, -0.25) is 4.79 Å². The quantitative estimate of drug-likeness (QED) is 0.511. The van der Waals surface area contributed by atoms with E-state index in [1.165, 1.54) is 0 Å². The van der Waals surface area contributed by atoms with Gasteiger partial charge in [-0.25, -0.2) is 18.2 Å². The van der Waals surface area contributed by atoms with Crippen molar-refractivity contribution >= 4 is 35.1 Å². The summed E-state index contributed by atoms with van der Waals surface area (Å²) in [5.74, 6) is -3.68. The SMILES string of the molecule is CC1CC(O)CN(c2ncc(F)c(Nc3ccc(N(C)C)c(C4=C(C=O)OCC(F)(F)CN4)c3)n2)C1. The molecule has 0 aliphatic carbocycles. The molecule has 2 unspecified atom stereocenters. The van der Waals surface area contributed by atoms with E-state index in [1.54, 1.807) is 42.1 Å². The molecule has 194 valence electrons. The van der Waals surface area contributed by atoms with Crippen LogP contribution in [-0.4, -0.2) is 73.7 Å². The Balaban J connectivity index is 1.68. The molecule has 2 atom stereocenters. The largest absolute Gasteiger partial charge is 0.482 e. The Hall–Kier alpha value is -3.54. The number of β-amino-alcohol motifs (C(OH)–C–C–N with tert-alkyl or cyclic N) is 1. The van der Waals surface area contributed by atoms with Crippen molar-refractivity contribution in [2.75, 3.05) is 55.5 Å². The first-order valence-corrected chi connectivity index (χ1v) is 11.5. The molecule has 9 nitrogen and oxygen atoms in total. The minimum atomic E-state index is -3.16. The van der Waals surface area contributed by atoms with Crippen LogP contribution in [0.1, 0.15) is 18.9 Å². The molecule has 0 bridgehead atoms. The monoisotopic (exact) mass is 506 g/mol. The van der Waals surface area contributed by atoms with Gasteiger partial charge in [0.25, 0.3) is 5.92 Å². The molecule has 4 rings (SSSR count). The van der Waals surface area contributed by atoms with Crippen molar-refractivity contribution in [3.05, 3.63) is 41.5 Å². The van der Waals surface area contributed by atoms with Crippen molar-refractivity contribution in [3.8, 4) is 0 Å². The molecule has 2 aliphatic rings. The van der Waals surface area contributed by atoms with Gasteiger partial charge in [-0.2, -0.15) is 4.98 Å². The third kappa shape index (κ3) is 5.64. The Morgan fingerprint density at radius 3 is 2.81 bits per heavy atom. The van der Waals surface area contributed by atoms with Crippen LogP contribution in [-0.2, 0) is 9.53 Å². The third-order valence-electron chi connectivity index (χ3n) is 5.98. The van der Waals surface area contributed by atoms with E-state index in [2.05, 4.69) is 20.6 Å². The van der Waals surface area contributed by atoms with Crippen LogP contribution >= 0.6 is 0 Å². The van der Waals surface area contributed by atoms with Crippen molar-refractivity contribution in [2.45, 2.75) is 25.4 Å². The number of rotatable bonds is 6. The number of aldehydes is 1. The number of aliphatic hydroxyl groups is 1. The number of carbonyl (C=O) groups excluding carboxylic acids is 1. The van der Waals surface area contributed by atoms with Crippen LogP contribution in [0.2, 0.25) is 0 Å². The van der Waals surface area contributed by atoms with Crippen LogP contribution in [0, 0.1) is 11.7 Å². The zero-order valence-electron chi connectivity index (χ0n) is 20.3. The number of alkyl halides is 2. The summed E-state index contributed by atoms with van der Waals surface area (Å²) in [4.78, 5) is 23.6. The van der Waals surface area contributed by atoms with E-state index >= 15 is 0 Å². The average molecular weight is 507 g/mol. The second kappa shape index (κ2) is 10.2. The number of carbonyl (C=O) groups is 1. The Morgan fingerprint density at radius 2 is 2.11 bits per heavy atom. The van der Waals surface area contributed by atoms with E-state index in [-0.39, 0.29) is 29.1 Å². The molecule has 2 aromatic rings. The molecule has 1 saturated heterocycles. The van der Waals surface area contributed by atoms with Gasteiger partial charge in [-0.1, -0.05) is 6.92 Å². The van der Waals surface area contributed by atoms with Crippen LogP contribution in [0.25, 0.3) is 5.70 Å². The lowest BCUT2D eigenvalue weighted by Gasteiger charge is -2.34. The first-order chi connectivity index (χ1) is 17.1. The summed E-state index contributed by atoms with van der Waals surface area (Å²) in [6, 6.07) is 4.99. The fraction of sp³-hybridized carbons (Fsp3) is 0.458. The standard InChI is InChI=1S/C24H29F3N6O3/c1-14-6-16(35)10-33(9-14)23-28-8-18(25)22(31-23)30-15-4-5-19(32(2)3)17(7-15)21-20(11-34)36-13-24(26,27)12-29-21/h4-5,7-8,11,14,16,29,35H,6,9-10,12-13H2,1-3H3,(H,28,30,31). The van der Waals surface area contributed by atoms with Crippen LogP contribution in [0.3, 0.4) is 0 Å². The molecule has 12 heteroatoms. The number of nitrogens with one attached hydrogen (secondary N) is 2. The smallest absolute Gasteiger partial charge is 0.298 e. The lowest BCUT2D eigenvalue weighted by atomic mass is 9.98. The van der Waals surface area contributed by atoms with Crippen LogP contribution in [0.5, 0.6) is 0 Å². The van der Waals surface area contributed by atoms with Gasteiger partial charge in [0.15, 0.2) is 30.3 Å². The molecule has 1 aromatic carbocycles. The van der Waals surface area contributed by atoms with Crippen LogP contribution < -0.4 is 20.4 Å². The van der Waals surface area contributed by atoms with Crippen molar-refractivity contribution in [1.82, 2.24) is 15.3 Å². The molecular formula is C24H29F3N6O3. The van der Waals surface area contributed by atoms with Gasteiger partial charge in [0.05, 0.1) is 24.5 Å². The normalized spacial score (nSPS) is 21.8. The number of hydrogen-bond donors (Lipinski definition) is 3. The number of halogens is 3. The molecule has 3 N–H and O–H groups in total. The summed E-state index contributed by atoms with van der Waals surface area (Å²) in [5.41, 5.74) is 1.54. The molecule has 0 amide bonds. The Morgan fingerprint density at radius 1 is 1.33 bits per heavy atom. The maximum absolute atomic E-state index is 14.7. The minimum absolute atomic E-state index is 0.0857. The zero-order chi connectivity index (χ0) is 26.0. The molecule has 3 heterocycles. The number of hydrogen-bond acceptors (Lipinski definition) is 9. The number of aliphatic hydroxyl groups excluding tert-OH is 1. The highest BCUT2D eigenvalue weighted by Gasteiger charge is 2.35. The maximum Gasteiger partial charge on any atom is 0.298 e. The van der Waals surface area contributed by atoms with Crippen LogP contribution in [0.4, 0.5) is 36.3 Å². The van der Waals surface area contributed by atoms with E-state index in [0.29, 0.717) is 42.7 Å².